The molecule has 1 aromatic heterocycles. The average Bonchev–Trinajstić information content (AvgIpc) is 2.75. The minimum atomic E-state index is -0.314. The Bertz CT molecular complexity index is 752. The number of anilines is 2. The molecule has 0 amide bonds. The predicted molar refractivity (Wildman–Crippen MR) is 74.0 cm³/mol. The number of hydrogen-bond acceptors (Lipinski definition) is 3. The van der Waals surface area contributed by atoms with Gasteiger partial charge in [-0.05, 0) is 36.8 Å². The lowest BCUT2D eigenvalue weighted by atomic mass is 10.2. The van der Waals surface area contributed by atoms with Crippen LogP contribution >= 0.6 is 11.3 Å². The van der Waals surface area contributed by atoms with Gasteiger partial charge in [-0.25, -0.2) is 13.8 Å². The molecule has 0 bridgehead atoms. The van der Waals surface area contributed by atoms with E-state index in [1.54, 1.807) is 12.1 Å². The van der Waals surface area contributed by atoms with E-state index in [0.717, 1.165) is 10.3 Å². The van der Waals surface area contributed by atoms with E-state index in [2.05, 4.69) is 10.3 Å². The standard InChI is InChI=1S/C14H10F2N2S/c1-8-2-3-9(15)6-11(8)17-14-18-12-7-10(16)4-5-13(12)19-14/h2-7H,1H3,(H,17,18). The zero-order valence-corrected chi connectivity index (χ0v) is 10.9. The quantitative estimate of drug-likeness (QED) is 0.738. The molecule has 2 nitrogen and oxygen atoms in total. The summed E-state index contributed by atoms with van der Waals surface area (Å²) < 4.78 is 27.2. The van der Waals surface area contributed by atoms with E-state index in [4.69, 9.17) is 0 Å². The summed E-state index contributed by atoms with van der Waals surface area (Å²) in [6, 6.07) is 9.00. The van der Waals surface area contributed by atoms with Crippen molar-refractivity contribution in [2.45, 2.75) is 6.92 Å². The molecule has 1 N–H and O–H groups in total. The number of aromatic nitrogens is 1. The van der Waals surface area contributed by atoms with Crippen molar-refractivity contribution < 1.29 is 8.78 Å². The third-order valence-electron chi connectivity index (χ3n) is 2.79. The first-order valence-electron chi connectivity index (χ1n) is 5.71. The highest BCUT2D eigenvalue weighted by Gasteiger charge is 2.07. The van der Waals surface area contributed by atoms with Crippen molar-refractivity contribution in [2.75, 3.05) is 5.32 Å². The van der Waals surface area contributed by atoms with Crippen LogP contribution in [0.5, 0.6) is 0 Å². The first-order chi connectivity index (χ1) is 9.11. The molecule has 0 radical (unpaired) electrons. The molecule has 0 atom stereocenters. The van der Waals surface area contributed by atoms with Crippen LogP contribution in [0, 0.1) is 18.6 Å². The van der Waals surface area contributed by atoms with E-state index in [1.807, 2.05) is 6.92 Å². The Morgan fingerprint density at radius 1 is 1.05 bits per heavy atom. The molecule has 3 rings (SSSR count). The maximum absolute atomic E-state index is 13.2. The smallest absolute Gasteiger partial charge is 0.188 e. The fourth-order valence-electron chi connectivity index (χ4n) is 1.80. The number of hydrogen-bond donors (Lipinski definition) is 1. The molecular weight excluding hydrogens is 266 g/mol. The fraction of sp³-hybridized carbons (Fsp3) is 0.0714. The summed E-state index contributed by atoms with van der Waals surface area (Å²) in [5, 5.41) is 3.69. The van der Waals surface area contributed by atoms with Gasteiger partial charge in [-0.3, -0.25) is 0 Å². The van der Waals surface area contributed by atoms with Crippen molar-refractivity contribution in [3.05, 3.63) is 53.6 Å². The summed E-state index contributed by atoms with van der Waals surface area (Å²) in [5.41, 5.74) is 2.19. The van der Waals surface area contributed by atoms with Gasteiger partial charge in [0.15, 0.2) is 5.13 Å². The molecule has 3 aromatic rings. The molecule has 2 aromatic carbocycles. The second-order valence-corrected chi connectivity index (χ2v) is 5.25. The summed E-state index contributed by atoms with van der Waals surface area (Å²) in [6.07, 6.45) is 0. The number of rotatable bonds is 2. The zero-order valence-electron chi connectivity index (χ0n) is 10.1. The van der Waals surface area contributed by atoms with Crippen molar-refractivity contribution in [3.63, 3.8) is 0 Å². The first-order valence-corrected chi connectivity index (χ1v) is 6.53. The van der Waals surface area contributed by atoms with Gasteiger partial charge in [-0.15, -0.1) is 0 Å². The Hall–Kier alpha value is -2.01. The van der Waals surface area contributed by atoms with E-state index in [-0.39, 0.29) is 11.6 Å². The Balaban J connectivity index is 1.98. The lowest BCUT2D eigenvalue weighted by Crippen LogP contribution is -1.93. The highest BCUT2D eigenvalue weighted by molar-refractivity contribution is 7.22. The van der Waals surface area contributed by atoms with E-state index in [9.17, 15) is 8.78 Å². The van der Waals surface area contributed by atoms with Crippen LogP contribution in [-0.2, 0) is 0 Å². The number of aryl methyl sites for hydroxylation is 1. The molecule has 0 saturated carbocycles. The molecule has 19 heavy (non-hydrogen) atoms. The molecule has 0 unspecified atom stereocenters. The largest absolute Gasteiger partial charge is 0.331 e. The Morgan fingerprint density at radius 2 is 1.79 bits per heavy atom. The Kier molecular flexibility index (Phi) is 2.91. The molecule has 1 heterocycles. The monoisotopic (exact) mass is 276 g/mol. The molecule has 5 heteroatoms. The van der Waals surface area contributed by atoms with Gasteiger partial charge >= 0.3 is 0 Å². The van der Waals surface area contributed by atoms with Crippen molar-refractivity contribution in [1.29, 1.82) is 0 Å². The summed E-state index contributed by atoms with van der Waals surface area (Å²) >= 11 is 1.40. The van der Waals surface area contributed by atoms with Crippen LogP contribution in [0.2, 0.25) is 0 Å². The SMILES string of the molecule is Cc1ccc(F)cc1Nc1nc2cc(F)ccc2s1. The summed E-state index contributed by atoms with van der Waals surface area (Å²) in [6.45, 7) is 1.88. The average molecular weight is 276 g/mol. The van der Waals surface area contributed by atoms with Crippen molar-refractivity contribution in [1.82, 2.24) is 4.98 Å². The number of nitrogens with one attached hydrogen (secondary N) is 1. The highest BCUT2D eigenvalue weighted by atomic mass is 32.1. The second-order valence-electron chi connectivity index (χ2n) is 4.22. The molecule has 0 aliphatic rings. The normalized spacial score (nSPS) is 10.9. The molecule has 0 aliphatic heterocycles. The highest BCUT2D eigenvalue weighted by Crippen LogP contribution is 2.29. The van der Waals surface area contributed by atoms with Gasteiger partial charge in [-0.2, -0.15) is 0 Å². The molecular formula is C14H10F2N2S. The molecule has 0 fully saturated rings. The number of halogens is 2. The molecule has 96 valence electrons. The maximum Gasteiger partial charge on any atom is 0.188 e. The Morgan fingerprint density at radius 3 is 2.63 bits per heavy atom. The third-order valence-corrected chi connectivity index (χ3v) is 3.74. The van der Waals surface area contributed by atoms with Crippen molar-refractivity contribution in [3.8, 4) is 0 Å². The molecule has 0 saturated heterocycles. The van der Waals surface area contributed by atoms with Crippen LogP contribution in [0.25, 0.3) is 10.2 Å². The second kappa shape index (κ2) is 4.59. The van der Waals surface area contributed by atoms with Crippen LogP contribution in [0.1, 0.15) is 5.56 Å². The zero-order chi connectivity index (χ0) is 13.4. The minimum absolute atomic E-state index is 0.305. The van der Waals surface area contributed by atoms with Crippen molar-refractivity contribution >= 4 is 32.4 Å². The van der Waals surface area contributed by atoms with Crippen LogP contribution in [-0.4, -0.2) is 4.98 Å². The van der Waals surface area contributed by atoms with Gasteiger partial charge in [0.05, 0.1) is 10.2 Å². The van der Waals surface area contributed by atoms with Gasteiger partial charge in [-0.1, -0.05) is 17.4 Å². The maximum atomic E-state index is 13.2. The number of benzene rings is 2. The molecule has 0 aliphatic carbocycles. The third kappa shape index (κ3) is 2.42. The predicted octanol–water partition coefficient (Wildman–Crippen LogP) is 4.63. The number of fused-ring (bicyclic) bond motifs is 1. The van der Waals surface area contributed by atoms with Crippen LogP contribution in [0.3, 0.4) is 0 Å². The lowest BCUT2D eigenvalue weighted by molar-refractivity contribution is 0.628. The number of nitrogens with zero attached hydrogens (tertiary/aromatic N) is 1. The van der Waals surface area contributed by atoms with Crippen LogP contribution in [0.15, 0.2) is 36.4 Å². The fourth-order valence-corrected chi connectivity index (χ4v) is 2.66. The number of thiazole rings is 1. The van der Waals surface area contributed by atoms with Gasteiger partial charge in [0.1, 0.15) is 11.6 Å². The van der Waals surface area contributed by atoms with E-state index < -0.39 is 0 Å². The van der Waals surface area contributed by atoms with Gasteiger partial charge in [0, 0.05) is 11.8 Å². The van der Waals surface area contributed by atoms with Crippen molar-refractivity contribution in [2.24, 2.45) is 0 Å². The molecule has 0 spiro atoms. The summed E-state index contributed by atoms with van der Waals surface area (Å²) in [7, 11) is 0. The van der Waals surface area contributed by atoms with Gasteiger partial charge in [0.2, 0.25) is 0 Å². The first kappa shape index (κ1) is 12.0. The van der Waals surface area contributed by atoms with Crippen LogP contribution in [0.4, 0.5) is 19.6 Å². The van der Waals surface area contributed by atoms with Gasteiger partial charge < -0.3 is 5.32 Å². The minimum Gasteiger partial charge on any atom is -0.331 e. The van der Waals surface area contributed by atoms with Gasteiger partial charge in [0.25, 0.3) is 0 Å². The van der Waals surface area contributed by atoms with Crippen LogP contribution < -0.4 is 5.32 Å². The van der Waals surface area contributed by atoms with E-state index >= 15 is 0 Å². The summed E-state index contributed by atoms with van der Waals surface area (Å²) in [4.78, 5) is 4.28. The Labute approximate surface area is 112 Å². The topological polar surface area (TPSA) is 24.9 Å². The summed E-state index contributed by atoms with van der Waals surface area (Å²) in [5.74, 6) is -0.619. The van der Waals surface area contributed by atoms with E-state index in [0.29, 0.717) is 16.3 Å². The van der Waals surface area contributed by atoms with E-state index in [1.165, 1.54) is 35.6 Å². The lowest BCUT2D eigenvalue weighted by Gasteiger charge is -2.05.